The number of piperidine rings is 1. The predicted octanol–water partition coefficient (Wildman–Crippen LogP) is 4.45. The van der Waals surface area contributed by atoms with Crippen molar-refractivity contribution in [1.29, 1.82) is 0 Å². The van der Waals surface area contributed by atoms with Crippen LogP contribution in [0.5, 0.6) is 0 Å². The number of hydrogen-bond acceptors (Lipinski definition) is 7. The molecule has 0 aromatic carbocycles. The number of allylic oxidation sites excluding steroid dienone is 1. The number of halogens is 2. The average Bonchev–Trinajstić information content (AvgIpc) is 3.51. The molecule has 2 saturated carbocycles. The zero-order chi connectivity index (χ0) is 23.5. The lowest BCUT2D eigenvalue weighted by molar-refractivity contribution is -0.126. The summed E-state index contributed by atoms with van der Waals surface area (Å²) >= 11 is 0. The van der Waals surface area contributed by atoms with E-state index in [0.717, 1.165) is 68.6 Å². The average molecular weight is 540 g/mol. The number of likely N-dealkylation sites (tertiary alicyclic amines) is 1. The van der Waals surface area contributed by atoms with Gasteiger partial charge in [0.1, 0.15) is 0 Å². The molecular weight excluding hydrogens is 499 g/mol. The molecule has 1 aliphatic heterocycles. The molecule has 3 heterocycles. The molecule has 11 heteroatoms. The van der Waals surface area contributed by atoms with Crippen LogP contribution in [-0.2, 0) is 4.79 Å². The maximum absolute atomic E-state index is 12.2. The number of fused-ring (bicyclic) bond motifs is 1. The lowest BCUT2D eigenvalue weighted by Crippen LogP contribution is -2.41. The molecule has 9 nitrogen and oxygen atoms in total. The number of carbonyl (C=O) groups is 1. The summed E-state index contributed by atoms with van der Waals surface area (Å²) in [6.07, 6.45) is 16.2. The molecule has 0 atom stereocenters. The fourth-order valence-corrected chi connectivity index (χ4v) is 5.66. The number of rotatable bonds is 6. The molecule has 3 aliphatic rings. The highest BCUT2D eigenvalue weighted by atomic mass is 35.5. The first-order valence-corrected chi connectivity index (χ1v) is 13.1. The molecule has 200 valence electrons. The number of aromatic nitrogens is 4. The van der Waals surface area contributed by atoms with E-state index < -0.39 is 0 Å². The van der Waals surface area contributed by atoms with E-state index in [2.05, 4.69) is 15.2 Å². The zero-order valence-electron chi connectivity index (χ0n) is 21.1. The van der Waals surface area contributed by atoms with E-state index in [9.17, 15) is 4.79 Å². The van der Waals surface area contributed by atoms with E-state index in [1.54, 1.807) is 12.2 Å². The van der Waals surface area contributed by atoms with Crippen molar-refractivity contribution in [3.8, 4) is 0 Å². The molecule has 2 aromatic heterocycles. The first kappa shape index (κ1) is 28.5. The lowest BCUT2D eigenvalue weighted by atomic mass is 9.92. The van der Waals surface area contributed by atoms with E-state index in [1.807, 2.05) is 18.2 Å². The third-order valence-electron chi connectivity index (χ3n) is 7.70. The lowest BCUT2D eigenvalue weighted by Gasteiger charge is -2.32. The summed E-state index contributed by atoms with van der Waals surface area (Å²) < 4.78 is 2.26. The monoisotopic (exact) mass is 538 g/mol. The number of carbonyl (C=O) groups excluding carboxylic acids is 1. The third kappa shape index (κ3) is 6.42. The van der Waals surface area contributed by atoms with Crippen LogP contribution < -0.4 is 16.4 Å². The summed E-state index contributed by atoms with van der Waals surface area (Å²) in [5.74, 6) is 1.57. The standard InChI is InChI=1S/C25H38N8O.2ClH/c1-2-5-21(34)32-14-12-19(13-15-32)28-23-22-24(33(16-27-22)20-6-3-4-7-20)31-25(30-23)29-18-10-8-17(26)9-11-18;;/h2,5,16-20H,3-4,6-15,26H2,1H3,(H2,28,29,30,31);2*1H/b5-2+;;/t17-,18-;;. The van der Waals surface area contributed by atoms with Crippen LogP contribution >= 0.6 is 24.8 Å². The Labute approximate surface area is 225 Å². The normalized spacial score (nSPS) is 23.4. The van der Waals surface area contributed by atoms with E-state index in [1.165, 1.54) is 25.7 Å². The second kappa shape index (κ2) is 12.9. The van der Waals surface area contributed by atoms with Gasteiger partial charge in [-0.2, -0.15) is 9.97 Å². The van der Waals surface area contributed by atoms with Gasteiger partial charge in [0.05, 0.1) is 6.33 Å². The van der Waals surface area contributed by atoms with Gasteiger partial charge in [-0.05, 0) is 64.4 Å². The Kier molecular flexibility index (Phi) is 10.2. The third-order valence-corrected chi connectivity index (χ3v) is 7.70. The Morgan fingerprint density at radius 3 is 2.31 bits per heavy atom. The van der Waals surface area contributed by atoms with Crippen molar-refractivity contribution >= 4 is 53.7 Å². The van der Waals surface area contributed by atoms with Crippen LogP contribution in [0.2, 0.25) is 0 Å². The van der Waals surface area contributed by atoms with Gasteiger partial charge in [-0.1, -0.05) is 18.9 Å². The quantitative estimate of drug-likeness (QED) is 0.465. The number of hydrogen-bond donors (Lipinski definition) is 3. The minimum Gasteiger partial charge on any atom is -0.365 e. The molecule has 4 N–H and O–H groups in total. The molecule has 0 bridgehead atoms. The number of anilines is 2. The summed E-state index contributed by atoms with van der Waals surface area (Å²) in [7, 11) is 0. The number of amides is 1. The number of nitrogens with one attached hydrogen (secondary N) is 2. The highest BCUT2D eigenvalue weighted by molar-refractivity contribution is 5.87. The van der Waals surface area contributed by atoms with Crippen LogP contribution in [0.1, 0.15) is 77.2 Å². The highest BCUT2D eigenvalue weighted by Crippen LogP contribution is 2.33. The molecule has 2 aromatic rings. The van der Waals surface area contributed by atoms with Crippen molar-refractivity contribution in [2.45, 2.75) is 95.3 Å². The van der Waals surface area contributed by atoms with Crippen LogP contribution in [0.15, 0.2) is 18.5 Å². The predicted molar refractivity (Wildman–Crippen MR) is 149 cm³/mol. The van der Waals surface area contributed by atoms with Gasteiger partial charge in [-0.15, -0.1) is 24.8 Å². The van der Waals surface area contributed by atoms with Crippen molar-refractivity contribution in [3.63, 3.8) is 0 Å². The molecular formula is C25H40Cl2N8O. The summed E-state index contributed by atoms with van der Waals surface area (Å²) in [4.78, 5) is 28.7. The smallest absolute Gasteiger partial charge is 0.246 e. The van der Waals surface area contributed by atoms with Gasteiger partial charge in [0.15, 0.2) is 17.0 Å². The van der Waals surface area contributed by atoms with Crippen molar-refractivity contribution in [2.75, 3.05) is 23.7 Å². The summed E-state index contributed by atoms with van der Waals surface area (Å²) in [5, 5.41) is 7.26. The largest absolute Gasteiger partial charge is 0.365 e. The molecule has 0 radical (unpaired) electrons. The second-order valence-electron chi connectivity index (χ2n) is 10.2. The van der Waals surface area contributed by atoms with E-state index >= 15 is 0 Å². The van der Waals surface area contributed by atoms with Crippen molar-refractivity contribution in [3.05, 3.63) is 18.5 Å². The molecule has 0 unspecified atom stereocenters. The molecule has 3 fully saturated rings. The van der Waals surface area contributed by atoms with Gasteiger partial charge in [0.25, 0.3) is 0 Å². The minimum atomic E-state index is 0. The molecule has 2 aliphatic carbocycles. The Morgan fingerprint density at radius 1 is 0.972 bits per heavy atom. The van der Waals surface area contributed by atoms with Gasteiger partial charge in [0, 0.05) is 37.3 Å². The van der Waals surface area contributed by atoms with Crippen molar-refractivity contribution < 1.29 is 4.79 Å². The molecule has 5 rings (SSSR count). The molecule has 0 spiro atoms. The van der Waals surface area contributed by atoms with Gasteiger partial charge < -0.3 is 25.8 Å². The Bertz CT molecular complexity index is 1020. The maximum Gasteiger partial charge on any atom is 0.246 e. The maximum atomic E-state index is 12.2. The fourth-order valence-electron chi connectivity index (χ4n) is 5.66. The number of imidazole rings is 1. The molecule has 1 amide bonds. The second-order valence-corrected chi connectivity index (χ2v) is 10.2. The van der Waals surface area contributed by atoms with Gasteiger partial charge >= 0.3 is 0 Å². The van der Waals surface area contributed by atoms with Crippen LogP contribution in [-0.4, -0.2) is 61.5 Å². The SMILES string of the molecule is C/C=C/C(=O)N1CCC(Nc2nc(N[C@H]3CC[C@H](N)CC3)nc3c2ncn3C2CCCC2)CC1.Cl.Cl. The topological polar surface area (TPSA) is 114 Å². The van der Waals surface area contributed by atoms with E-state index in [-0.39, 0.29) is 36.8 Å². The van der Waals surface area contributed by atoms with E-state index in [0.29, 0.717) is 24.1 Å². The van der Waals surface area contributed by atoms with Crippen molar-refractivity contribution in [1.82, 2.24) is 24.4 Å². The van der Waals surface area contributed by atoms with Gasteiger partial charge in [-0.25, -0.2) is 4.98 Å². The Morgan fingerprint density at radius 2 is 1.64 bits per heavy atom. The first-order valence-electron chi connectivity index (χ1n) is 13.1. The summed E-state index contributed by atoms with van der Waals surface area (Å²) in [6, 6.07) is 1.39. The summed E-state index contributed by atoms with van der Waals surface area (Å²) in [6.45, 7) is 3.38. The van der Waals surface area contributed by atoms with Crippen LogP contribution in [0.4, 0.5) is 11.8 Å². The van der Waals surface area contributed by atoms with Crippen LogP contribution in [0.25, 0.3) is 11.2 Å². The zero-order valence-corrected chi connectivity index (χ0v) is 22.7. The van der Waals surface area contributed by atoms with Crippen LogP contribution in [0.3, 0.4) is 0 Å². The minimum absolute atomic E-state index is 0. The Balaban J connectivity index is 0.00000180. The Hall–Kier alpha value is -2.10. The van der Waals surface area contributed by atoms with Gasteiger partial charge in [0.2, 0.25) is 11.9 Å². The summed E-state index contributed by atoms with van der Waals surface area (Å²) in [5.41, 5.74) is 7.86. The van der Waals surface area contributed by atoms with Gasteiger partial charge in [-0.3, -0.25) is 4.79 Å². The van der Waals surface area contributed by atoms with Crippen molar-refractivity contribution in [2.24, 2.45) is 5.73 Å². The van der Waals surface area contributed by atoms with Crippen LogP contribution in [0, 0.1) is 0 Å². The van der Waals surface area contributed by atoms with E-state index in [4.69, 9.17) is 20.7 Å². The molecule has 1 saturated heterocycles. The number of nitrogens with zero attached hydrogens (tertiary/aromatic N) is 5. The number of nitrogens with two attached hydrogens (primary N) is 1. The molecule has 36 heavy (non-hydrogen) atoms. The highest BCUT2D eigenvalue weighted by Gasteiger charge is 2.26. The fraction of sp³-hybridized carbons (Fsp3) is 0.680. The first-order chi connectivity index (χ1) is 16.6.